The molecule has 0 fully saturated rings. The Labute approximate surface area is 215 Å². The van der Waals surface area contributed by atoms with Gasteiger partial charge in [0.1, 0.15) is 0 Å². The predicted molar refractivity (Wildman–Crippen MR) is 146 cm³/mol. The molecule has 184 valence electrons. The molecule has 0 saturated heterocycles. The number of hydrogen-bond donors (Lipinski definition) is 0. The first-order chi connectivity index (χ1) is 17.6. The second kappa shape index (κ2) is 10.9. The quantitative estimate of drug-likeness (QED) is 0.253. The number of nitrogens with zero attached hydrogens (tertiary/aromatic N) is 4. The van der Waals surface area contributed by atoms with E-state index in [4.69, 9.17) is 4.74 Å². The molecule has 2 aromatic carbocycles. The van der Waals surface area contributed by atoms with Crippen LogP contribution in [0, 0.1) is 0 Å². The summed E-state index contributed by atoms with van der Waals surface area (Å²) in [5.74, 6) is -0.0139. The molecular formula is C29H30N4O2S. The normalized spacial score (nSPS) is 11.3. The Balaban J connectivity index is 1.49. The van der Waals surface area contributed by atoms with Crippen LogP contribution in [0.3, 0.4) is 0 Å². The number of carbonyl (C=O) groups excluding carboxylic acids is 1. The topological polar surface area (TPSA) is 52.3 Å². The Morgan fingerprint density at radius 3 is 2.75 bits per heavy atom. The summed E-state index contributed by atoms with van der Waals surface area (Å²) < 4.78 is 9.50. The molecule has 5 rings (SSSR count). The Bertz CT molecular complexity index is 1450. The highest BCUT2D eigenvalue weighted by Crippen LogP contribution is 2.32. The molecule has 0 N–H and O–H groups in total. The molecule has 36 heavy (non-hydrogen) atoms. The zero-order valence-electron chi connectivity index (χ0n) is 20.6. The van der Waals surface area contributed by atoms with Crippen molar-refractivity contribution in [3.8, 4) is 11.1 Å². The molecule has 0 bridgehead atoms. The molecule has 0 aliphatic carbocycles. The Morgan fingerprint density at radius 2 is 1.92 bits per heavy atom. The number of benzene rings is 2. The fraction of sp³-hybridized carbons (Fsp3) is 0.241. The molecule has 0 unspecified atom stereocenters. The van der Waals surface area contributed by atoms with Gasteiger partial charge in [0.25, 0.3) is 5.91 Å². The fourth-order valence-corrected chi connectivity index (χ4v) is 5.23. The van der Waals surface area contributed by atoms with Crippen molar-refractivity contribution in [2.24, 2.45) is 0 Å². The summed E-state index contributed by atoms with van der Waals surface area (Å²) in [7, 11) is 3.48. The minimum absolute atomic E-state index is 0.0139. The molecule has 0 aliphatic rings. The highest BCUT2D eigenvalue weighted by molar-refractivity contribution is 7.09. The second-order valence-corrected chi connectivity index (χ2v) is 9.94. The molecule has 0 aliphatic heterocycles. The zero-order valence-corrected chi connectivity index (χ0v) is 21.4. The van der Waals surface area contributed by atoms with E-state index >= 15 is 0 Å². The lowest BCUT2D eigenvalue weighted by molar-refractivity contribution is 0.0745. The van der Waals surface area contributed by atoms with Crippen LogP contribution in [0.2, 0.25) is 0 Å². The number of thiophene rings is 1. The van der Waals surface area contributed by atoms with Crippen molar-refractivity contribution in [1.29, 1.82) is 0 Å². The summed E-state index contributed by atoms with van der Waals surface area (Å²) in [6.07, 6.45) is 8.85. The minimum atomic E-state index is -0.0139. The van der Waals surface area contributed by atoms with Crippen molar-refractivity contribution in [1.82, 2.24) is 19.0 Å². The lowest BCUT2D eigenvalue weighted by Crippen LogP contribution is -2.30. The van der Waals surface area contributed by atoms with Gasteiger partial charge < -0.3 is 18.8 Å². The molecule has 1 amide bonds. The average molecular weight is 499 g/mol. The summed E-state index contributed by atoms with van der Waals surface area (Å²) in [6, 6.07) is 18.8. The number of carbonyl (C=O) groups is 1. The van der Waals surface area contributed by atoms with Gasteiger partial charge in [-0.1, -0.05) is 48.5 Å². The Hall–Kier alpha value is -3.68. The van der Waals surface area contributed by atoms with Crippen molar-refractivity contribution in [3.63, 3.8) is 0 Å². The van der Waals surface area contributed by atoms with Crippen molar-refractivity contribution < 1.29 is 9.53 Å². The third kappa shape index (κ3) is 5.12. The van der Waals surface area contributed by atoms with Crippen LogP contribution in [0.25, 0.3) is 21.9 Å². The van der Waals surface area contributed by atoms with E-state index in [0.717, 1.165) is 40.6 Å². The summed E-state index contributed by atoms with van der Waals surface area (Å²) in [6.45, 7) is 2.54. The SMILES string of the molecule is COCCN(C)C(=O)c1cn(Cc2cncn2CCc2cccs2)cc1-c1cccc2ccccc12. The first kappa shape index (κ1) is 24.0. The fourth-order valence-electron chi connectivity index (χ4n) is 4.53. The number of rotatable bonds is 10. The Kier molecular flexibility index (Phi) is 7.30. The molecule has 3 heterocycles. The number of imidazole rings is 1. The van der Waals surface area contributed by atoms with Crippen LogP contribution in [-0.2, 0) is 24.2 Å². The van der Waals surface area contributed by atoms with E-state index in [1.807, 2.05) is 37.9 Å². The van der Waals surface area contributed by atoms with Crippen molar-refractivity contribution in [2.75, 3.05) is 27.3 Å². The van der Waals surface area contributed by atoms with Crippen LogP contribution in [-0.4, -0.2) is 52.2 Å². The molecule has 6 nitrogen and oxygen atoms in total. The van der Waals surface area contributed by atoms with E-state index in [2.05, 4.69) is 68.2 Å². The van der Waals surface area contributed by atoms with E-state index in [0.29, 0.717) is 25.3 Å². The molecular weight excluding hydrogens is 468 g/mol. The van der Waals surface area contributed by atoms with Crippen LogP contribution in [0.15, 0.2) is 84.9 Å². The maximum atomic E-state index is 13.5. The van der Waals surface area contributed by atoms with Crippen molar-refractivity contribution >= 4 is 28.0 Å². The highest BCUT2D eigenvalue weighted by Gasteiger charge is 2.21. The van der Waals surface area contributed by atoms with Crippen LogP contribution in [0.5, 0.6) is 0 Å². The number of hydrogen-bond acceptors (Lipinski definition) is 4. The molecule has 0 atom stereocenters. The van der Waals surface area contributed by atoms with Crippen LogP contribution < -0.4 is 0 Å². The smallest absolute Gasteiger partial charge is 0.255 e. The summed E-state index contributed by atoms with van der Waals surface area (Å²) in [5.41, 5.74) is 3.79. The molecule has 7 heteroatoms. The van der Waals surface area contributed by atoms with Gasteiger partial charge in [-0.2, -0.15) is 0 Å². The molecule has 5 aromatic rings. The Morgan fingerprint density at radius 1 is 1.06 bits per heavy atom. The van der Waals surface area contributed by atoms with E-state index in [1.54, 1.807) is 23.3 Å². The first-order valence-corrected chi connectivity index (χ1v) is 13.0. The third-order valence-corrected chi connectivity index (χ3v) is 7.43. The number of aromatic nitrogens is 3. The van der Waals surface area contributed by atoms with Gasteiger partial charge in [-0.3, -0.25) is 4.79 Å². The number of ether oxygens (including phenoxy) is 1. The zero-order chi connectivity index (χ0) is 24.9. The minimum Gasteiger partial charge on any atom is -0.383 e. The van der Waals surface area contributed by atoms with E-state index in [-0.39, 0.29) is 5.91 Å². The largest absolute Gasteiger partial charge is 0.383 e. The van der Waals surface area contributed by atoms with Gasteiger partial charge in [0.2, 0.25) is 0 Å². The van der Waals surface area contributed by atoms with Gasteiger partial charge in [-0.05, 0) is 34.2 Å². The number of amides is 1. The number of fused-ring (bicyclic) bond motifs is 1. The molecule has 0 radical (unpaired) electrons. The van der Waals surface area contributed by atoms with Gasteiger partial charge in [-0.25, -0.2) is 4.98 Å². The average Bonchev–Trinajstić information content (AvgIpc) is 3.67. The molecule has 0 spiro atoms. The van der Waals surface area contributed by atoms with E-state index < -0.39 is 0 Å². The van der Waals surface area contributed by atoms with Gasteiger partial charge >= 0.3 is 0 Å². The van der Waals surface area contributed by atoms with Gasteiger partial charge in [0.15, 0.2) is 0 Å². The number of aryl methyl sites for hydroxylation is 2. The third-order valence-electron chi connectivity index (χ3n) is 6.49. The van der Waals surface area contributed by atoms with Gasteiger partial charge in [0, 0.05) is 56.3 Å². The second-order valence-electron chi connectivity index (χ2n) is 8.91. The summed E-state index contributed by atoms with van der Waals surface area (Å²) >= 11 is 1.78. The van der Waals surface area contributed by atoms with Crippen LogP contribution in [0.1, 0.15) is 20.9 Å². The number of likely N-dealkylation sites (N-methyl/N-ethyl adjacent to an activating group) is 1. The molecule has 0 saturated carbocycles. The van der Waals surface area contributed by atoms with E-state index in [1.165, 1.54) is 4.88 Å². The monoisotopic (exact) mass is 498 g/mol. The molecule has 3 aromatic heterocycles. The van der Waals surface area contributed by atoms with Gasteiger partial charge in [0.05, 0.1) is 30.7 Å². The van der Waals surface area contributed by atoms with Crippen molar-refractivity contribution in [2.45, 2.75) is 19.5 Å². The lowest BCUT2D eigenvalue weighted by atomic mass is 9.97. The van der Waals surface area contributed by atoms with Gasteiger partial charge in [-0.15, -0.1) is 11.3 Å². The van der Waals surface area contributed by atoms with Crippen LogP contribution in [0.4, 0.5) is 0 Å². The highest BCUT2D eigenvalue weighted by atomic mass is 32.1. The lowest BCUT2D eigenvalue weighted by Gasteiger charge is -2.17. The summed E-state index contributed by atoms with van der Waals surface area (Å²) in [4.78, 5) is 21.0. The van der Waals surface area contributed by atoms with E-state index in [9.17, 15) is 4.79 Å². The predicted octanol–water partition coefficient (Wildman–Crippen LogP) is 5.58. The first-order valence-electron chi connectivity index (χ1n) is 12.1. The number of methoxy groups -OCH3 is 1. The standard InChI is InChI=1S/C29H30N4O2S/c1-31(14-15-35-2)29(34)28-20-32(18-23-17-30-21-33(23)13-12-24-9-6-16-36-24)19-27(28)26-11-5-8-22-7-3-4-10-25(22)26/h3-11,16-17,19-21H,12-15,18H2,1-2H3. The van der Waals surface area contributed by atoms with Crippen LogP contribution >= 0.6 is 11.3 Å². The van der Waals surface area contributed by atoms with Crippen molar-refractivity contribution in [3.05, 3.63) is 101 Å². The maximum absolute atomic E-state index is 13.5. The maximum Gasteiger partial charge on any atom is 0.255 e. The summed E-state index contributed by atoms with van der Waals surface area (Å²) in [5, 5.41) is 4.40.